The molecule has 0 radical (unpaired) electrons. The second kappa shape index (κ2) is 7.15. The normalized spacial score (nSPS) is 14.7. The number of nitrogens with one attached hydrogen (secondary N) is 1. The summed E-state index contributed by atoms with van der Waals surface area (Å²) in [6.07, 6.45) is 0.488. The monoisotopic (exact) mass is 373 g/mol. The number of benzene rings is 1. The molecular weight excluding hydrogens is 361 g/mol. The minimum atomic E-state index is -4.19. The van der Waals surface area contributed by atoms with Gasteiger partial charge in [-0.25, -0.2) is 8.42 Å². The van der Waals surface area contributed by atoms with Crippen molar-refractivity contribution in [2.45, 2.75) is 31.2 Å². The first-order valence-corrected chi connectivity index (χ1v) is 8.61. The Balaban J connectivity index is 3.26. The number of sulfonamides is 1. The van der Waals surface area contributed by atoms with Gasteiger partial charge in [-0.3, -0.25) is 4.79 Å². The predicted molar refractivity (Wildman–Crippen MR) is 82.7 cm³/mol. The quantitative estimate of drug-likeness (QED) is 0.799. The van der Waals surface area contributed by atoms with Crippen LogP contribution in [0.15, 0.2) is 17.0 Å². The maximum Gasteiger partial charge on any atom is 0.322 e. The summed E-state index contributed by atoms with van der Waals surface area (Å²) in [6, 6.07) is 1.17. The molecule has 1 aromatic carbocycles. The van der Waals surface area contributed by atoms with Gasteiger partial charge in [0.1, 0.15) is 10.9 Å². The Morgan fingerprint density at radius 1 is 1.29 bits per heavy atom. The van der Waals surface area contributed by atoms with Gasteiger partial charge in [0.25, 0.3) is 0 Å². The van der Waals surface area contributed by atoms with Gasteiger partial charge in [0.15, 0.2) is 0 Å². The standard InChI is InChI=1S/C12H14Cl3NO4S/c1-3-6(2)10(12(17)18)16-21(19,20)11-8(14)4-7(13)5-9(11)15/h4-6,10,16H,3H2,1-2H3,(H,17,18)/t6?,10-/m0/s1. The van der Waals surface area contributed by atoms with Gasteiger partial charge in [-0.15, -0.1) is 0 Å². The zero-order valence-corrected chi connectivity index (χ0v) is 14.3. The minimum absolute atomic E-state index is 0.173. The highest BCUT2D eigenvalue weighted by atomic mass is 35.5. The lowest BCUT2D eigenvalue weighted by atomic mass is 10.0. The van der Waals surface area contributed by atoms with Gasteiger partial charge < -0.3 is 5.11 Å². The SMILES string of the molecule is CCC(C)[C@H](NS(=O)(=O)c1c(Cl)cc(Cl)cc1Cl)C(=O)O. The third-order valence-corrected chi connectivity index (χ3v) is 5.57. The Bertz CT molecular complexity index is 625. The maximum atomic E-state index is 12.3. The lowest BCUT2D eigenvalue weighted by molar-refractivity contribution is -0.140. The second-order valence-electron chi connectivity index (χ2n) is 4.52. The molecule has 118 valence electrons. The largest absolute Gasteiger partial charge is 0.480 e. The van der Waals surface area contributed by atoms with Crippen molar-refractivity contribution in [2.75, 3.05) is 0 Å². The van der Waals surface area contributed by atoms with E-state index in [4.69, 9.17) is 39.9 Å². The number of carbonyl (C=O) groups is 1. The topological polar surface area (TPSA) is 83.5 Å². The van der Waals surface area contributed by atoms with Gasteiger partial charge in [0, 0.05) is 5.02 Å². The molecular formula is C12H14Cl3NO4S. The smallest absolute Gasteiger partial charge is 0.322 e. The molecule has 9 heteroatoms. The van der Waals surface area contributed by atoms with Crippen LogP contribution in [0.2, 0.25) is 15.1 Å². The van der Waals surface area contributed by atoms with E-state index < -0.39 is 28.0 Å². The van der Waals surface area contributed by atoms with Gasteiger partial charge >= 0.3 is 5.97 Å². The predicted octanol–water partition coefficient (Wildman–Crippen LogP) is 3.42. The van der Waals surface area contributed by atoms with Crippen molar-refractivity contribution in [3.8, 4) is 0 Å². The van der Waals surface area contributed by atoms with Crippen LogP contribution in [-0.4, -0.2) is 25.5 Å². The van der Waals surface area contributed by atoms with E-state index in [1.807, 2.05) is 0 Å². The summed E-state index contributed by atoms with van der Waals surface area (Å²) in [7, 11) is -4.19. The minimum Gasteiger partial charge on any atom is -0.480 e. The van der Waals surface area contributed by atoms with Crippen molar-refractivity contribution in [2.24, 2.45) is 5.92 Å². The van der Waals surface area contributed by atoms with Crippen LogP contribution in [0.5, 0.6) is 0 Å². The van der Waals surface area contributed by atoms with Crippen LogP contribution >= 0.6 is 34.8 Å². The molecule has 0 heterocycles. The molecule has 0 bridgehead atoms. The van der Waals surface area contributed by atoms with E-state index in [1.54, 1.807) is 13.8 Å². The summed E-state index contributed by atoms with van der Waals surface area (Å²) < 4.78 is 26.8. The van der Waals surface area contributed by atoms with Crippen molar-refractivity contribution < 1.29 is 18.3 Å². The fourth-order valence-corrected chi connectivity index (χ4v) is 4.50. The zero-order chi connectivity index (χ0) is 16.4. The molecule has 21 heavy (non-hydrogen) atoms. The zero-order valence-electron chi connectivity index (χ0n) is 11.2. The molecule has 1 unspecified atom stereocenters. The molecule has 5 nitrogen and oxygen atoms in total. The van der Waals surface area contributed by atoms with Crippen molar-refractivity contribution >= 4 is 50.8 Å². The molecule has 1 aromatic rings. The molecule has 0 amide bonds. The van der Waals surface area contributed by atoms with E-state index in [0.717, 1.165) is 0 Å². The highest BCUT2D eigenvalue weighted by Gasteiger charge is 2.31. The molecule has 0 fully saturated rings. The summed E-state index contributed by atoms with van der Waals surface area (Å²) >= 11 is 17.4. The van der Waals surface area contributed by atoms with Crippen LogP contribution in [0, 0.1) is 5.92 Å². The number of rotatable bonds is 6. The van der Waals surface area contributed by atoms with E-state index in [-0.39, 0.29) is 20.0 Å². The molecule has 0 saturated heterocycles. The first-order chi connectivity index (χ1) is 9.60. The lowest BCUT2D eigenvalue weighted by Crippen LogP contribution is -2.45. The average Bonchev–Trinajstić information content (AvgIpc) is 2.33. The summed E-state index contributed by atoms with van der Waals surface area (Å²) in [5.41, 5.74) is 0. The first kappa shape index (κ1) is 18.5. The average molecular weight is 375 g/mol. The van der Waals surface area contributed by atoms with Crippen LogP contribution in [0.1, 0.15) is 20.3 Å². The van der Waals surface area contributed by atoms with Crippen molar-refractivity contribution in [3.05, 3.63) is 27.2 Å². The fourth-order valence-electron chi connectivity index (χ4n) is 1.66. The molecule has 0 spiro atoms. The molecule has 0 saturated carbocycles. The van der Waals surface area contributed by atoms with Crippen LogP contribution in [-0.2, 0) is 14.8 Å². The number of hydrogen-bond acceptors (Lipinski definition) is 3. The number of aliphatic carboxylic acids is 1. The van der Waals surface area contributed by atoms with E-state index in [2.05, 4.69) is 4.72 Å². The Morgan fingerprint density at radius 2 is 1.76 bits per heavy atom. The van der Waals surface area contributed by atoms with E-state index >= 15 is 0 Å². The van der Waals surface area contributed by atoms with Crippen LogP contribution in [0.25, 0.3) is 0 Å². The highest BCUT2D eigenvalue weighted by Crippen LogP contribution is 2.33. The Morgan fingerprint density at radius 3 is 2.14 bits per heavy atom. The Kier molecular flexibility index (Phi) is 6.31. The maximum absolute atomic E-state index is 12.3. The van der Waals surface area contributed by atoms with Gasteiger partial charge in [-0.2, -0.15) is 4.72 Å². The molecule has 0 aliphatic carbocycles. The summed E-state index contributed by atoms with van der Waals surface area (Å²) in [5.74, 6) is -1.67. The third-order valence-electron chi connectivity index (χ3n) is 2.99. The van der Waals surface area contributed by atoms with E-state index in [9.17, 15) is 13.2 Å². The molecule has 2 N–H and O–H groups in total. The van der Waals surface area contributed by atoms with Crippen molar-refractivity contribution in [1.82, 2.24) is 4.72 Å². The second-order valence-corrected chi connectivity index (χ2v) is 7.42. The Hall–Kier alpha value is -0.530. The molecule has 2 atom stereocenters. The third kappa shape index (κ3) is 4.47. The number of carboxylic acids is 1. The van der Waals surface area contributed by atoms with Gasteiger partial charge in [-0.05, 0) is 18.1 Å². The number of hydrogen-bond donors (Lipinski definition) is 2. The van der Waals surface area contributed by atoms with E-state index in [1.165, 1.54) is 12.1 Å². The first-order valence-electron chi connectivity index (χ1n) is 5.99. The van der Waals surface area contributed by atoms with Crippen LogP contribution < -0.4 is 4.72 Å². The molecule has 0 aliphatic rings. The van der Waals surface area contributed by atoms with Gasteiger partial charge in [-0.1, -0.05) is 55.1 Å². The number of carboxylic acid groups (broad SMARTS) is 1. The van der Waals surface area contributed by atoms with Crippen LogP contribution in [0.3, 0.4) is 0 Å². The summed E-state index contributed by atoms with van der Waals surface area (Å²) in [6.45, 7) is 3.39. The van der Waals surface area contributed by atoms with Crippen molar-refractivity contribution in [3.63, 3.8) is 0 Å². The van der Waals surface area contributed by atoms with E-state index in [0.29, 0.717) is 6.42 Å². The fraction of sp³-hybridized carbons (Fsp3) is 0.417. The number of halogens is 3. The molecule has 0 aliphatic heterocycles. The van der Waals surface area contributed by atoms with Gasteiger partial charge in [0.2, 0.25) is 10.0 Å². The molecule has 1 rings (SSSR count). The lowest BCUT2D eigenvalue weighted by Gasteiger charge is -2.20. The highest BCUT2D eigenvalue weighted by molar-refractivity contribution is 7.89. The van der Waals surface area contributed by atoms with Crippen LogP contribution in [0.4, 0.5) is 0 Å². The molecule has 0 aromatic heterocycles. The summed E-state index contributed by atoms with van der Waals surface area (Å²) in [4.78, 5) is 10.8. The van der Waals surface area contributed by atoms with Gasteiger partial charge in [0.05, 0.1) is 10.0 Å². The summed E-state index contributed by atoms with van der Waals surface area (Å²) in [5, 5.41) is 8.99. The Labute approximate surface area is 138 Å². The van der Waals surface area contributed by atoms with Crippen molar-refractivity contribution in [1.29, 1.82) is 0 Å².